The van der Waals surface area contributed by atoms with Gasteiger partial charge in [0, 0.05) is 17.4 Å². The predicted octanol–water partition coefficient (Wildman–Crippen LogP) is 3.52. The molecule has 3 rings (SSSR count). The number of carbonyl (C=O) groups is 1. The molecule has 0 aliphatic heterocycles. The molecule has 0 atom stereocenters. The Bertz CT molecular complexity index is 720. The Hall–Kier alpha value is -2.49. The molecule has 0 spiro atoms. The van der Waals surface area contributed by atoms with E-state index in [0.717, 1.165) is 29.8 Å². The topological polar surface area (TPSA) is 67.1 Å². The number of carbonyl (C=O) groups excluding carboxylic acids is 1. The average molecular weight is 295 g/mol. The smallest absolute Gasteiger partial charge is 0.253 e. The maximum absolute atomic E-state index is 12.4. The molecule has 1 fully saturated rings. The Morgan fingerprint density at radius 2 is 1.82 bits per heavy atom. The molecule has 4 heteroatoms. The molecule has 0 saturated heterocycles. The second kappa shape index (κ2) is 5.72. The molecule has 2 aromatic rings. The van der Waals surface area contributed by atoms with Gasteiger partial charge >= 0.3 is 0 Å². The minimum atomic E-state index is -0.0675. The van der Waals surface area contributed by atoms with Gasteiger partial charge in [-0.1, -0.05) is 17.7 Å². The van der Waals surface area contributed by atoms with Crippen LogP contribution in [0.5, 0.6) is 0 Å². The van der Waals surface area contributed by atoms with Gasteiger partial charge in [-0.2, -0.15) is 0 Å². The number of rotatable bonds is 4. The molecule has 4 N–H and O–H groups in total. The summed E-state index contributed by atoms with van der Waals surface area (Å²) in [5.41, 5.74) is 11.2. The van der Waals surface area contributed by atoms with Gasteiger partial charge in [-0.15, -0.1) is 0 Å². The van der Waals surface area contributed by atoms with E-state index in [2.05, 4.69) is 36.6 Å². The van der Waals surface area contributed by atoms with Crippen LogP contribution in [0.2, 0.25) is 0 Å². The fourth-order valence-electron chi connectivity index (χ4n) is 2.45. The van der Waals surface area contributed by atoms with Crippen molar-refractivity contribution in [1.82, 2.24) is 5.32 Å². The lowest BCUT2D eigenvalue weighted by Gasteiger charge is -2.15. The summed E-state index contributed by atoms with van der Waals surface area (Å²) in [7, 11) is 0. The maximum Gasteiger partial charge on any atom is 0.253 e. The van der Waals surface area contributed by atoms with Crippen molar-refractivity contribution in [3.05, 3.63) is 53.1 Å². The van der Waals surface area contributed by atoms with Crippen LogP contribution in [0.25, 0.3) is 0 Å². The molecular formula is C18H21N3O. The minimum absolute atomic E-state index is 0.0675. The second-order valence-corrected chi connectivity index (χ2v) is 6.00. The van der Waals surface area contributed by atoms with Crippen molar-refractivity contribution in [2.24, 2.45) is 0 Å². The molecule has 2 aromatic carbocycles. The van der Waals surface area contributed by atoms with Gasteiger partial charge in [-0.05, 0) is 56.5 Å². The highest BCUT2D eigenvalue weighted by Crippen LogP contribution is 2.27. The van der Waals surface area contributed by atoms with E-state index in [1.807, 2.05) is 12.1 Å². The number of benzene rings is 2. The van der Waals surface area contributed by atoms with Gasteiger partial charge in [0.2, 0.25) is 0 Å². The first-order valence-corrected chi connectivity index (χ1v) is 7.57. The summed E-state index contributed by atoms with van der Waals surface area (Å²) in [4.78, 5) is 12.4. The highest BCUT2D eigenvalue weighted by Gasteiger charge is 2.25. The number of hydrogen-bond acceptors (Lipinski definition) is 3. The van der Waals surface area contributed by atoms with Crippen LogP contribution < -0.4 is 16.4 Å². The largest absolute Gasteiger partial charge is 0.399 e. The molecule has 0 heterocycles. The van der Waals surface area contributed by atoms with E-state index < -0.39 is 0 Å². The van der Waals surface area contributed by atoms with Crippen LogP contribution in [0.4, 0.5) is 17.1 Å². The van der Waals surface area contributed by atoms with E-state index in [9.17, 15) is 4.79 Å². The van der Waals surface area contributed by atoms with Crippen LogP contribution in [0.3, 0.4) is 0 Å². The van der Waals surface area contributed by atoms with Gasteiger partial charge in [0.25, 0.3) is 5.91 Å². The van der Waals surface area contributed by atoms with Gasteiger partial charge in [0.05, 0.1) is 11.3 Å². The highest BCUT2D eigenvalue weighted by molar-refractivity contribution is 6.01. The normalized spacial score (nSPS) is 13.7. The monoisotopic (exact) mass is 295 g/mol. The summed E-state index contributed by atoms with van der Waals surface area (Å²) in [6.07, 6.45) is 2.13. The van der Waals surface area contributed by atoms with Crippen LogP contribution in [0, 0.1) is 13.8 Å². The lowest BCUT2D eigenvalue weighted by molar-refractivity contribution is 0.0952. The number of nitrogens with one attached hydrogen (secondary N) is 2. The van der Waals surface area contributed by atoms with Crippen molar-refractivity contribution < 1.29 is 4.79 Å². The molecule has 0 radical (unpaired) electrons. The third-order valence-electron chi connectivity index (χ3n) is 3.85. The number of anilines is 3. The van der Waals surface area contributed by atoms with E-state index in [1.54, 1.807) is 12.1 Å². The van der Waals surface area contributed by atoms with Crippen molar-refractivity contribution in [3.8, 4) is 0 Å². The Balaban J connectivity index is 1.90. The molecule has 1 aliphatic rings. The summed E-state index contributed by atoms with van der Waals surface area (Å²) >= 11 is 0. The Labute approximate surface area is 130 Å². The van der Waals surface area contributed by atoms with Gasteiger partial charge in [-0.25, -0.2) is 0 Å². The van der Waals surface area contributed by atoms with Crippen molar-refractivity contribution >= 4 is 23.0 Å². The summed E-state index contributed by atoms with van der Waals surface area (Å²) in [5, 5.41) is 6.37. The van der Waals surface area contributed by atoms with Crippen molar-refractivity contribution in [3.63, 3.8) is 0 Å². The zero-order valence-corrected chi connectivity index (χ0v) is 12.9. The van der Waals surface area contributed by atoms with Crippen molar-refractivity contribution in [2.45, 2.75) is 32.7 Å². The average Bonchev–Trinajstić information content (AvgIpc) is 3.27. The number of nitrogens with two attached hydrogens (primary N) is 1. The Kier molecular flexibility index (Phi) is 3.75. The highest BCUT2D eigenvalue weighted by atomic mass is 16.1. The summed E-state index contributed by atoms with van der Waals surface area (Å²) in [6.45, 7) is 4.12. The molecule has 0 bridgehead atoms. The third kappa shape index (κ3) is 3.22. The van der Waals surface area contributed by atoms with E-state index in [0.29, 0.717) is 17.3 Å². The quantitative estimate of drug-likeness (QED) is 0.756. The van der Waals surface area contributed by atoms with Crippen LogP contribution in [0.1, 0.15) is 34.3 Å². The SMILES string of the molecule is Cc1ccc(Nc2ccc(N)cc2C(=O)NC2CC2)c(C)c1. The molecule has 0 aromatic heterocycles. The molecule has 1 amide bonds. The van der Waals surface area contributed by atoms with E-state index >= 15 is 0 Å². The van der Waals surface area contributed by atoms with Gasteiger partial charge < -0.3 is 16.4 Å². The number of hydrogen-bond donors (Lipinski definition) is 3. The molecule has 1 saturated carbocycles. The Morgan fingerprint density at radius 3 is 2.50 bits per heavy atom. The number of amides is 1. The van der Waals surface area contributed by atoms with Crippen molar-refractivity contribution in [1.29, 1.82) is 0 Å². The number of nitrogen functional groups attached to an aromatic ring is 1. The van der Waals surface area contributed by atoms with Crippen LogP contribution in [-0.4, -0.2) is 11.9 Å². The van der Waals surface area contributed by atoms with Crippen LogP contribution in [-0.2, 0) is 0 Å². The van der Waals surface area contributed by atoms with Gasteiger partial charge in [0.15, 0.2) is 0 Å². The zero-order chi connectivity index (χ0) is 15.7. The number of aryl methyl sites for hydroxylation is 2. The fourth-order valence-corrected chi connectivity index (χ4v) is 2.45. The lowest BCUT2D eigenvalue weighted by Crippen LogP contribution is -2.26. The molecule has 4 nitrogen and oxygen atoms in total. The Morgan fingerprint density at radius 1 is 1.09 bits per heavy atom. The van der Waals surface area contributed by atoms with E-state index in [1.165, 1.54) is 5.56 Å². The lowest BCUT2D eigenvalue weighted by atomic mass is 10.1. The van der Waals surface area contributed by atoms with E-state index in [-0.39, 0.29) is 5.91 Å². The van der Waals surface area contributed by atoms with Gasteiger partial charge in [0.1, 0.15) is 0 Å². The third-order valence-corrected chi connectivity index (χ3v) is 3.85. The molecule has 22 heavy (non-hydrogen) atoms. The maximum atomic E-state index is 12.4. The van der Waals surface area contributed by atoms with Crippen molar-refractivity contribution in [2.75, 3.05) is 11.1 Å². The van der Waals surface area contributed by atoms with Crippen LogP contribution >= 0.6 is 0 Å². The van der Waals surface area contributed by atoms with Crippen LogP contribution in [0.15, 0.2) is 36.4 Å². The predicted molar refractivity (Wildman–Crippen MR) is 90.5 cm³/mol. The van der Waals surface area contributed by atoms with Gasteiger partial charge in [-0.3, -0.25) is 4.79 Å². The van der Waals surface area contributed by atoms with E-state index in [4.69, 9.17) is 5.73 Å². The zero-order valence-electron chi connectivity index (χ0n) is 12.9. The summed E-state index contributed by atoms with van der Waals surface area (Å²) in [6, 6.07) is 11.9. The second-order valence-electron chi connectivity index (χ2n) is 6.00. The molecule has 1 aliphatic carbocycles. The fraction of sp³-hybridized carbons (Fsp3) is 0.278. The molecular weight excluding hydrogens is 274 g/mol. The first-order valence-electron chi connectivity index (χ1n) is 7.57. The summed E-state index contributed by atoms with van der Waals surface area (Å²) < 4.78 is 0. The minimum Gasteiger partial charge on any atom is -0.399 e. The summed E-state index contributed by atoms with van der Waals surface area (Å²) in [5.74, 6) is -0.0675. The first-order chi connectivity index (χ1) is 10.5. The molecule has 114 valence electrons. The molecule has 0 unspecified atom stereocenters. The standard InChI is InChI=1S/C18H21N3O/c1-11-3-7-16(12(2)9-11)21-17-8-4-13(19)10-15(17)18(22)20-14-5-6-14/h3-4,7-10,14,21H,5-6,19H2,1-2H3,(H,20,22). The first kappa shape index (κ1) is 14.4.